The number of hydrogen-bond donors (Lipinski definition) is 1. The van der Waals surface area contributed by atoms with E-state index in [4.69, 9.17) is 0 Å². The first-order valence-electron chi connectivity index (χ1n) is 6.74. The minimum absolute atomic E-state index is 0.105. The number of thioether (sulfide) groups is 1. The molecule has 1 amide bonds. The molecule has 0 saturated heterocycles. The molecule has 0 saturated carbocycles. The summed E-state index contributed by atoms with van der Waals surface area (Å²) >= 11 is 1.39. The normalized spacial score (nSPS) is 12.4. The van der Waals surface area contributed by atoms with Crippen molar-refractivity contribution >= 4 is 23.5 Å². The topological polar surface area (TPSA) is 46.9 Å². The second-order valence-electron chi connectivity index (χ2n) is 4.96. The Balaban J connectivity index is 1.99. The van der Waals surface area contributed by atoms with Crippen LogP contribution in [0.5, 0.6) is 0 Å². The van der Waals surface area contributed by atoms with Gasteiger partial charge in [-0.2, -0.15) is 5.10 Å². The maximum Gasteiger partial charge on any atom is 0.238 e. The number of anilines is 1. The third kappa shape index (κ3) is 4.07. The molecule has 4 nitrogen and oxygen atoms in total. The van der Waals surface area contributed by atoms with E-state index < -0.39 is 0 Å². The Kier molecular flexibility index (Phi) is 5.01. The van der Waals surface area contributed by atoms with Gasteiger partial charge in [0.05, 0.1) is 11.4 Å². The van der Waals surface area contributed by atoms with E-state index in [-0.39, 0.29) is 23.0 Å². The lowest BCUT2D eigenvalue weighted by molar-refractivity contribution is -0.115. The Morgan fingerprint density at radius 3 is 2.52 bits per heavy atom. The van der Waals surface area contributed by atoms with Crippen LogP contribution in [0, 0.1) is 5.82 Å². The highest BCUT2D eigenvalue weighted by Gasteiger charge is 2.17. The van der Waals surface area contributed by atoms with Crippen LogP contribution in [0.15, 0.2) is 41.4 Å². The van der Waals surface area contributed by atoms with Crippen LogP contribution in [0.3, 0.4) is 0 Å². The summed E-state index contributed by atoms with van der Waals surface area (Å²) in [5.41, 5.74) is 0. The van der Waals surface area contributed by atoms with Crippen molar-refractivity contribution < 1.29 is 9.18 Å². The Labute approximate surface area is 127 Å². The quantitative estimate of drug-likeness (QED) is 0.856. The van der Waals surface area contributed by atoms with Crippen LogP contribution in [0.2, 0.25) is 0 Å². The molecule has 0 bridgehead atoms. The summed E-state index contributed by atoms with van der Waals surface area (Å²) < 4.78 is 14.6. The summed E-state index contributed by atoms with van der Waals surface area (Å²) in [6.07, 6.45) is 1.66. The highest BCUT2D eigenvalue weighted by molar-refractivity contribution is 8.00. The van der Waals surface area contributed by atoms with Crippen LogP contribution < -0.4 is 5.32 Å². The molecule has 6 heteroatoms. The number of carbonyl (C=O) groups is 1. The van der Waals surface area contributed by atoms with Gasteiger partial charge in [0.25, 0.3) is 0 Å². The van der Waals surface area contributed by atoms with Crippen molar-refractivity contribution in [3.8, 4) is 0 Å². The van der Waals surface area contributed by atoms with Crippen LogP contribution in [0.25, 0.3) is 0 Å². The molecule has 0 spiro atoms. The molecule has 0 aliphatic heterocycles. The summed E-state index contributed by atoms with van der Waals surface area (Å²) in [6.45, 7) is 5.82. The molecule has 112 valence electrons. The third-order valence-corrected chi connectivity index (χ3v) is 4.02. The van der Waals surface area contributed by atoms with Crippen molar-refractivity contribution in [3.63, 3.8) is 0 Å². The number of nitrogens with zero attached hydrogens (tertiary/aromatic N) is 2. The number of benzene rings is 1. The van der Waals surface area contributed by atoms with Gasteiger partial charge in [-0.15, -0.1) is 11.8 Å². The summed E-state index contributed by atoms with van der Waals surface area (Å²) in [4.78, 5) is 13.1. The molecule has 0 unspecified atom stereocenters. The molecule has 0 fully saturated rings. The van der Waals surface area contributed by atoms with Gasteiger partial charge in [-0.05, 0) is 45.0 Å². The molecule has 2 aromatic rings. The zero-order valence-corrected chi connectivity index (χ0v) is 13.0. The standard InChI is InChI=1S/C15H18FN3OS/c1-10(2)19-14(8-9-17-19)18-15(20)11(3)21-13-6-4-12(16)5-7-13/h4-11H,1-3H3,(H,18,20)/t11-/m1/s1. The molecule has 1 aromatic heterocycles. The Hall–Kier alpha value is -1.82. The van der Waals surface area contributed by atoms with Gasteiger partial charge < -0.3 is 5.32 Å². The first-order valence-corrected chi connectivity index (χ1v) is 7.62. The van der Waals surface area contributed by atoms with Gasteiger partial charge in [-0.25, -0.2) is 9.07 Å². The van der Waals surface area contributed by atoms with Gasteiger partial charge in [0.1, 0.15) is 11.6 Å². The number of rotatable bonds is 5. The Bertz CT molecular complexity index is 610. The molecule has 0 radical (unpaired) electrons. The van der Waals surface area contributed by atoms with Gasteiger partial charge in [0.15, 0.2) is 0 Å². The van der Waals surface area contributed by atoms with E-state index in [1.54, 1.807) is 29.1 Å². The highest BCUT2D eigenvalue weighted by Crippen LogP contribution is 2.24. The van der Waals surface area contributed by atoms with E-state index >= 15 is 0 Å². The van der Waals surface area contributed by atoms with Crippen LogP contribution in [-0.4, -0.2) is 20.9 Å². The molecule has 2 rings (SSSR count). The molecular formula is C15H18FN3OS. The zero-order chi connectivity index (χ0) is 15.4. The maximum absolute atomic E-state index is 12.9. The number of hydrogen-bond acceptors (Lipinski definition) is 3. The van der Waals surface area contributed by atoms with Crippen molar-refractivity contribution in [2.24, 2.45) is 0 Å². The minimum atomic E-state index is -0.286. The van der Waals surface area contributed by atoms with Crippen molar-refractivity contribution in [3.05, 3.63) is 42.3 Å². The fraction of sp³-hybridized carbons (Fsp3) is 0.333. The van der Waals surface area contributed by atoms with E-state index in [9.17, 15) is 9.18 Å². The molecule has 1 atom stereocenters. The molecular weight excluding hydrogens is 289 g/mol. The average molecular weight is 307 g/mol. The lowest BCUT2D eigenvalue weighted by Gasteiger charge is -2.15. The second kappa shape index (κ2) is 6.76. The third-order valence-electron chi connectivity index (χ3n) is 2.91. The number of aromatic nitrogens is 2. The lowest BCUT2D eigenvalue weighted by atomic mass is 10.3. The first-order chi connectivity index (χ1) is 9.97. The summed E-state index contributed by atoms with van der Waals surface area (Å²) in [6, 6.07) is 8.06. The fourth-order valence-corrected chi connectivity index (χ4v) is 2.69. The number of carbonyl (C=O) groups excluding carboxylic acids is 1. The summed E-state index contributed by atoms with van der Waals surface area (Å²) in [5, 5.41) is 6.76. The second-order valence-corrected chi connectivity index (χ2v) is 6.37. The fourth-order valence-electron chi connectivity index (χ4n) is 1.82. The SMILES string of the molecule is CC(C)n1nccc1NC(=O)[C@@H](C)Sc1ccc(F)cc1. The van der Waals surface area contributed by atoms with Crippen molar-refractivity contribution in [2.75, 3.05) is 5.32 Å². The smallest absolute Gasteiger partial charge is 0.238 e. The van der Waals surface area contributed by atoms with Crippen LogP contribution in [0.4, 0.5) is 10.2 Å². The zero-order valence-electron chi connectivity index (χ0n) is 12.2. The van der Waals surface area contributed by atoms with Gasteiger partial charge in [0.2, 0.25) is 5.91 Å². The van der Waals surface area contributed by atoms with Gasteiger partial charge in [-0.3, -0.25) is 4.79 Å². The number of halogens is 1. The average Bonchev–Trinajstić information content (AvgIpc) is 2.89. The van der Waals surface area contributed by atoms with Crippen LogP contribution in [-0.2, 0) is 4.79 Å². The lowest BCUT2D eigenvalue weighted by Crippen LogP contribution is -2.24. The minimum Gasteiger partial charge on any atom is -0.310 e. The van der Waals surface area contributed by atoms with E-state index in [2.05, 4.69) is 10.4 Å². The molecule has 0 aliphatic carbocycles. The van der Waals surface area contributed by atoms with Gasteiger partial charge in [-0.1, -0.05) is 0 Å². The van der Waals surface area contributed by atoms with Gasteiger partial charge in [0, 0.05) is 17.0 Å². The van der Waals surface area contributed by atoms with Crippen molar-refractivity contribution in [2.45, 2.75) is 37.0 Å². The van der Waals surface area contributed by atoms with Gasteiger partial charge >= 0.3 is 0 Å². The summed E-state index contributed by atoms with van der Waals surface area (Å²) in [5.74, 6) is 0.297. The highest BCUT2D eigenvalue weighted by atomic mass is 32.2. The van der Waals surface area contributed by atoms with Crippen LogP contribution >= 0.6 is 11.8 Å². The van der Waals surface area contributed by atoms with E-state index in [0.717, 1.165) is 4.90 Å². The number of amides is 1. The van der Waals surface area contributed by atoms with Crippen LogP contribution in [0.1, 0.15) is 26.8 Å². The Morgan fingerprint density at radius 2 is 1.90 bits per heavy atom. The largest absolute Gasteiger partial charge is 0.310 e. The first kappa shape index (κ1) is 15.6. The van der Waals surface area contributed by atoms with Crippen molar-refractivity contribution in [1.82, 2.24) is 9.78 Å². The van der Waals surface area contributed by atoms with E-state index in [1.807, 2.05) is 20.8 Å². The molecule has 1 heterocycles. The predicted octanol–water partition coefficient (Wildman–Crippen LogP) is 3.72. The monoisotopic (exact) mass is 307 g/mol. The Morgan fingerprint density at radius 1 is 1.24 bits per heavy atom. The maximum atomic E-state index is 12.9. The molecule has 1 aromatic carbocycles. The summed E-state index contributed by atoms with van der Waals surface area (Å²) in [7, 11) is 0. The molecule has 1 N–H and O–H groups in total. The van der Waals surface area contributed by atoms with E-state index in [1.165, 1.54) is 23.9 Å². The van der Waals surface area contributed by atoms with E-state index in [0.29, 0.717) is 5.82 Å². The van der Waals surface area contributed by atoms with Crippen molar-refractivity contribution in [1.29, 1.82) is 0 Å². The predicted molar refractivity (Wildman–Crippen MR) is 83.0 cm³/mol. The molecule has 0 aliphatic rings. The number of nitrogens with one attached hydrogen (secondary N) is 1. The molecule has 21 heavy (non-hydrogen) atoms.